The van der Waals surface area contributed by atoms with Gasteiger partial charge in [0, 0.05) is 6.04 Å². The van der Waals surface area contributed by atoms with Crippen LogP contribution in [0.25, 0.3) is 0 Å². The Morgan fingerprint density at radius 3 is 2.47 bits per heavy atom. The summed E-state index contributed by atoms with van der Waals surface area (Å²) in [7, 11) is 1.24. The number of amides is 1. The third-order valence-electron chi connectivity index (χ3n) is 5.20. The molecule has 1 amide bonds. The lowest BCUT2D eigenvalue weighted by molar-refractivity contribution is -0.174. The second kappa shape index (κ2) is 11.5. The Hall–Kier alpha value is -3.60. The number of nitrogens with one attached hydrogen (secondary N) is 1. The zero-order chi connectivity index (χ0) is 25.5. The van der Waals surface area contributed by atoms with Crippen LogP contribution in [0.15, 0.2) is 42.5 Å². The number of benzene rings is 2. The van der Waals surface area contributed by atoms with E-state index in [0.29, 0.717) is 24.8 Å². The van der Waals surface area contributed by atoms with E-state index in [1.807, 2.05) is 5.32 Å². The predicted molar refractivity (Wildman–Crippen MR) is 115 cm³/mol. The average Bonchev–Trinajstić information content (AvgIpc) is 2.78. The minimum atomic E-state index is -4.84. The molecule has 0 saturated heterocycles. The maximum Gasteiger partial charge on any atom is 0.471 e. The molecule has 184 valence electrons. The molecular formula is C23H25F3N2O6. The summed E-state index contributed by atoms with van der Waals surface area (Å²) in [6.45, 7) is 0. The molecule has 2 aromatic carbocycles. The highest BCUT2D eigenvalue weighted by atomic mass is 19.4. The standard InChI is InChI=1S/C12H12F3NO2.C11H13NO4/c13-12(14,15)11(18)16-9-3-1-8-6-10(17)4-2-7(8)5-9;1-16-11(15)9(12)6-7-4-2-3-5-8(7)10(13)14/h2,4,6,9,17H,1,3,5H2,(H,16,18);2-5,9H,6,12H2,1H3,(H,13,14)/t;9-/m.0/s1. The van der Waals surface area contributed by atoms with Crippen LogP contribution in [-0.4, -0.2) is 53.4 Å². The van der Waals surface area contributed by atoms with Gasteiger partial charge in [-0.05, 0) is 60.6 Å². The molecule has 2 atom stereocenters. The largest absolute Gasteiger partial charge is 0.508 e. The maximum atomic E-state index is 12.1. The minimum Gasteiger partial charge on any atom is -0.508 e. The molecule has 0 aromatic heterocycles. The molecule has 0 aliphatic heterocycles. The van der Waals surface area contributed by atoms with Gasteiger partial charge in [-0.2, -0.15) is 13.2 Å². The van der Waals surface area contributed by atoms with Crippen LogP contribution in [0.3, 0.4) is 0 Å². The first-order valence-electron chi connectivity index (χ1n) is 10.3. The average molecular weight is 482 g/mol. The third kappa shape index (κ3) is 7.48. The quantitative estimate of drug-likeness (QED) is 0.480. The van der Waals surface area contributed by atoms with Crippen molar-refractivity contribution in [2.75, 3.05) is 7.11 Å². The van der Waals surface area contributed by atoms with Crippen molar-refractivity contribution < 1.29 is 42.5 Å². The van der Waals surface area contributed by atoms with Gasteiger partial charge in [-0.1, -0.05) is 24.3 Å². The molecule has 0 spiro atoms. The number of methoxy groups -OCH3 is 1. The molecule has 8 nitrogen and oxygen atoms in total. The van der Waals surface area contributed by atoms with E-state index in [9.17, 15) is 32.7 Å². The van der Waals surface area contributed by atoms with E-state index in [-0.39, 0.29) is 17.7 Å². The molecule has 0 fully saturated rings. The number of nitrogens with two attached hydrogens (primary N) is 1. The summed E-state index contributed by atoms with van der Waals surface area (Å²) in [6.07, 6.45) is -3.34. The molecule has 34 heavy (non-hydrogen) atoms. The van der Waals surface area contributed by atoms with E-state index >= 15 is 0 Å². The SMILES string of the molecule is COC(=O)[C@@H](N)Cc1ccccc1C(=O)O.O=C(NC1CCc2cc(O)ccc2C1)C(F)(F)F. The number of hydrogen-bond acceptors (Lipinski definition) is 6. The molecular weight excluding hydrogens is 457 g/mol. The summed E-state index contributed by atoms with van der Waals surface area (Å²) < 4.78 is 40.8. The van der Waals surface area contributed by atoms with Gasteiger partial charge in [0.2, 0.25) is 0 Å². The van der Waals surface area contributed by atoms with Crippen molar-refractivity contribution >= 4 is 17.8 Å². The molecule has 0 bridgehead atoms. The number of aromatic hydroxyl groups is 1. The van der Waals surface area contributed by atoms with E-state index < -0.39 is 36.1 Å². The summed E-state index contributed by atoms with van der Waals surface area (Å²) >= 11 is 0. The number of carboxylic acid groups (broad SMARTS) is 1. The number of esters is 1. The first kappa shape index (κ1) is 26.7. The van der Waals surface area contributed by atoms with Gasteiger partial charge in [-0.3, -0.25) is 9.59 Å². The van der Waals surface area contributed by atoms with E-state index in [0.717, 1.165) is 11.1 Å². The number of carboxylic acids is 1. The summed E-state index contributed by atoms with van der Waals surface area (Å²) in [5, 5.41) is 20.2. The van der Waals surface area contributed by atoms with Gasteiger partial charge in [0.05, 0.1) is 12.7 Å². The van der Waals surface area contributed by atoms with Crippen LogP contribution < -0.4 is 11.1 Å². The smallest absolute Gasteiger partial charge is 0.471 e. The van der Waals surface area contributed by atoms with Crippen LogP contribution in [0.2, 0.25) is 0 Å². The number of aryl methyl sites for hydroxylation is 1. The number of alkyl halides is 3. The van der Waals surface area contributed by atoms with Gasteiger partial charge in [0.25, 0.3) is 0 Å². The van der Waals surface area contributed by atoms with E-state index in [1.165, 1.54) is 19.2 Å². The van der Waals surface area contributed by atoms with Crippen LogP contribution in [0.5, 0.6) is 5.75 Å². The summed E-state index contributed by atoms with van der Waals surface area (Å²) in [5.74, 6) is -3.34. The van der Waals surface area contributed by atoms with Crippen LogP contribution >= 0.6 is 0 Å². The van der Waals surface area contributed by atoms with E-state index in [4.69, 9.17) is 10.8 Å². The van der Waals surface area contributed by atoms with Crippen LogP contribution in [0.1, 0.15) is 33.5 Å². The maximum absolute atomic E-state index is 12.1. The van der Waals surface area contributed by atoms with Crippen molar-refractivity contribution in [1.82, 2.24) is 5.32 Å². The lowest BCUT2D eigenvalue weighted by Crippen LogP contribution is -2.45. The molecule has 11 heteroatoms. The predicted octanol–water partition coefficient (Wildman–Crippen LogP) is 2.36. The van der Waals surface area contributed by atoms with Gasteiger partial charge < -0.3 is 26.0 Å². The number of halogens is 3. The van der Waals surface area contributed by atoms with E-state index in [1.54, 1.807) is 30.3 Å². The third-order valence-corrected chi connectivity index (χ3v) is 5.20. The van der Waals surface area contributed by atoms with Crippen molar-refractivity contribution in [3.05, 3.63) is 64.7 Å². The zero-order valence-electron chi connectivity index (χ0n) is 18.3. The molecule has 1 aliphatic carbocycles. The second-order valence-electron chi connectivity index (χ2n) is 7.66. The van der Waals surface area contributed by atoms with Crippen molar-refractivity contribution in [2.24, 2.45) is 5.73 Å². The Balaban J connectivity index is 0.000000242. The fraction of sp³-hybridized carbons (Fsp3) is 0.348. The van der Waals surface area contributed by atoms with E-state index in [2.05, 4.69) is 4.74 Å². The molecule has 2 aromatic rings. The van der Waals surface area contributed by atoms with Crippen molar-refractivity contribution in [3.8, 4) is 5.75 Å². The Morgan fingerprint density at radius 1 is 1.18 bits per heavy atom. The summed E-state index contributed by atoms with van der Waals surface area (Å²) in [6, 6.07) is 9.86. The number of phenols is 1. The summed E-state index contributed by atoms with van der Waals surface area (Å²) in [4.78, 5) is 32.8. The Bertz CT molecular complexity index is 1040. The van der Waals surface area contributed by atoms with Gasteiger partial charge in [-0.25, -0.2) is 4.79 Å². The Labute approximate surface area is 193 Å². The van der Waals surface area contributed by atoms with Crippen LogP contribution in [0.4, 0.5) is 13.2 Å². The molecule has 5 N–H and O–H groups in total. The topological polar surface area (TPSA) is 139 Å². The van der Waals surface area contributed by atoms with Crippen molar-refractivity contribution in [2.45, 2.75) is 43.9 Å². The number of phenolic OH excluding ortho intramolecular Hbond substituents is 1. The highest BCUT2D eigenvalue weighted by Gasteiger charge is 2.40. The number of fused-ring (bicyclic) bond motifs is 1. The molecule has 3 rings (SSSR count). The Morgan fingerprint density at radius 2 is 1.85 bits per heavy atom. The molecule has 1 aliphatic rings. The normalized spacial score (nSPS) is 15.7. The fourth-order valence-corrected chi connectivity index (χ4v) is 3.51. The van der Waals surface area contributed by atoms with Crippen LogP contribution in [0, 0.1) is 0 Å². The van der Waals surface area contributed by atoms with Crippen molar-refractivity contribution in [1.29, 1.82) is 0 Å². The number of carbonyl (C=O) groups is 3. The highest BCUT2D eigenvalue weighted by Crippen LogP contribution is 2.26. The number of hydrogen-bond donors (Lipinski definition) is 4. The lowest BCUT2D eigenvalue weighted by Gasteiger charge is -2.25. The molecule has 0 heterocycles. The highest BCUT2D eigenvalue weighted by molar-refractivity contribution is 5.89. The number of carbonyl (C=O) groups excluding carboxylic acids is 2. The van der Waals surface area contributed by atoms with Gasteiger partial charge in [-0.15, -0.1) is 0 Å². The monoisotopic (exact) mass is 482 g/mol. The van der Waals surface area contributed by atoms with Gasteiger partial charge in [0.1, 0.15) is 11.8 Å². The van der Waals surface area contributed by atoms with Gasteiger partial charge >= 0.3 is 24.0 Å². The fourth-order valence-electron chi connectivity index (χ4n) is 3.51. The van der Waals surface area contributed by atoms with Crippen LogP contribution in [-0.2, 0) is 33.6 Å². The summed E-state index contributed by atoms with van der Waals surface area (Å²) in [5.41, 5.74) is 8.03. The number of rotatable bonds is 5. The molecule has 1 unspecified atom stereocenters. The first-order chi connectivity index (χ1) is 15.9. The number of ether oxygens (including phenoxy) is 1. The lowest BCUT2D eigenvalue weighted by atomic mass is 9.88. The molecule has 0 saturated carbocycles. The second-order valence-corrected chi connectivity index (χ2v) is 7.66. The Kier molecular flexibility index (Phi) is 9.02. The number of aromatic carboxylic acids is 1. The minimum absolute atomic E-state index is 0.145. The zero-order valence-corrected chi connectivity index (χ0v) is 18.3. The van der Waals surface area contributed by atoms with Gasteiger partial charge in [0.15, 0.2) is 0 Å². The molecule has 0 radical (unpaired) electrons. The first-order valence-corrected chi connectivity index (χ1v) is 10.3. The van der Waals surface area contributed by atoms with Crippen molar-refractivity contribution in [3.63, 3.8) is 0 Å².